The Morgan fingerprint density at radius 3 is 2.68 bits per heavy atom. The van der Waals surface area contributed by atoms with Gasteiger partial charge in [0.05, 0.1) is 11.0 Å². The summed E-state index contributed by atoms with van der Waals surface area (Å²) in [5, 5.41) is 12.5. The number of H-pyrrole nitrogens is 1. The molecule has 1 saturated heterocycles. The number of fused-ring (bicyclic) bond motifs is 1. The lowest BCUT2D eigenvalue weighted by atomic mass is 10.0. The second-order valence-corrected chi connectivity index (χ2v) is 9.10. The normalized spacial score (nSPS) is 18.4. The zero-order valence-corrected chi connectivity index (χ0v) is 16.4. The fourth-order valence-corrected chi connectivity index (χ4v) is 5.85. The van der Waals surface area contributed by atoms with Crippen molar-refractivity contribution in [3.63, 3.8) is 0 Å². The van der Waals surface area contributed by atoms with Gasteiger partial charge in [-0.2, -0.15) is 4.31 Å². The van der Waals surface area contributed by atoms with Crippen LogP contribution < -0.4 is 0 Å². The average Bonchev–Trinajstić information content (AvgIpc) is 3.12. The maximum Gasteiger partial charge on any atom is 0.289 e. The third-order valence-electron chi connectivity index (χ3n) is 5.07. The van der Waals surface area contributed by atoms with E-state index >= 15 is 0 Å². The molecule has 0 saturated carbocycles. The molecule has 9 heteroatoms. The zero-order valence-electron chi connectivity index (χ0n) is 14.8. The van der Waals surface area contributed by atoms with E-state index in [-0.39, 0.29) is 9.92 Å². The first kappa shape index (κ1) is 18.9. The van der Waals surface area contributed by atoms with Gasteiger partial charge in [0.2, 0.25) is 0 Å². The lowest BCUT2D eigenvalue weighted by Gasteiger charge is -2.34. The Bertz CT molecular complexity index is 1130. The highest BCUT2D eigenvalue weighted by Gasteiger charge is 2.38. The van der Waals surface area contributed by atoms with Crippen molar-refractivity contribution in [3.8, 4) is 0 Å². The maximum absolute atomic E-state index is 13.4. The summed E-state index contributed by atoms with van der Waals surface area (Å²) >= 11 is 5.96. The third-order valence-corrected chi connectivity index (χ3v) is 7.24. The van der Waals surface area contributed by atoms with Crippen LogP contribution >= 0.6 is 11.6 Å². The molecule has 0 amide bonds. The first-order valence-electron chi connectivity index (χ1n) is 8.91. The van der Waals surface area contributed by atoms with Crippen LogP contribution in [0.4, 0.5) is 5.69 Å². The van der Waals surface area contributed by atoms with Crippen LogP contribution in [0.1, 0.15) is 31.0 Å². The van der Waals surface area contributed by atoms with Gasteiger partial charge in [0.1, 0.15) is 0 Å². The van der Waals surface area contributed by atoms with Crippen molar-refractivity contribution in [2.24, 2.45) is 0 Å². The zero-order chi connectivity index (χ0) is 19.9. The lowest BCUT2D eigenvalue weighted by Crippen LogP contribution is -2.38. The molecule has 0 bridgehead atoms. The van der Waals surface area contributed by atoms with Gasteiger partial charge in [-0.15, -0.1) is 0 Å². The minimum absolute atomic E-state index is 0.142. The Kier molecular flexibility index (Phi) is 4.86. The van der Waals surface area contributed by atoms with Crippen LogP contribution in [0.5, 0.6) is 0 Å². The molecule has 2 heterocycles. The Labute approximate surface area is 167 Å². The summed E-state index contributed by atoms with van der Waals surface area (Å²) in [6.45, 7) is 0.298. The first-order valence-corrected chi connectivity index (χ1v) is 10.7. The average molecular weight is 420 g/mol. The summed E-state index contributed by atoms with van der Waals surface area (Å²) < 4.78 is 28.2. The number of piperidine rings is 1. The molecular weight excluding hydrogens is 402 g/mol. The van der Waals surface area contributed by atoms with E-state index in [4.69, 9.17) is 11.6 Å². The minimum Gasteiger partial charge on any atom is -0.357 e. The summed E-state index contributed by atoms with van der Waals surface area (Å²) in [6, 6.07) is 12.9. The van der Waals surface area contributed by atoms with Crippen molar-refractivity contribution in [2.75, 3.05) is 6.54 Å². The molecule has 4 rings (SSSR count). The molecule has 1 atom stereocenters. The predicted octanol–water partition coefficient (Wildman–Crippen LogP) is 4.65. The summed E-state index contributed by atoms with van der Waals surface area (Å²) in [6.07, 6.45) is 2.22. The second-order valence-electron chi connectivity index (χ2n) is 6.81. The minimum atomic E-state index is -4.11. The maximum atomic E-state index is 13.4. The number of hydrogen-bond acceptors (Lipinski definition) is 4. The van der Waals surface area contributed by atoms with Gasteiger partial charge in [-0.3, -0.25) is 10.1 Å². The molecule has 1 aromatic heterocycles. The van der Waals surface area contributed by atoms with Crippen molar-refractivity contribution in [2.45, 2.75) is 30.2 Å². The molecule has 0 spiro atoms. The number of benzene rings is 2. The first-order chi connectivity index (χ1) is 13.4. The highest BCUT2D eigenvalue weighted by atomic mass is 35.5. The Morgan fingerprint density at radius 1 is 1.14 bits per heavy atom. The van der Waals surface area contributed by atoms with Crippen LogP contribution in [-0.4, -0.2) is 29.2 Å². The van der Waals surface area contributed by atoms with Gasteiger partial charge < -0.3 is 4.98 Å². The highest BCUT2D eigenvalue weighted by molar-refractivity contribution is 7.89. The predicted molar refractivity (Wildman–Crippen MR) is 107 cm³/mol. The van der Waals surface area contributed by atoms with Gasteiger partial charge in [-0.1, -0.05) is 36.2 Å². The van der Waals surface area contributed by atoms with Gasteiger partial charge >= 0.3 is 0 Å². The van der Waals surface area contributed by atoms with Gasteiger partial charge in [-0.25, -0.2) is 8.42 Å². The Hall–Kier alpha value is -2.42. The number of nitrogens with one attached hydrogen (secondary N) is 1. The van der Waals surface area contributed by atoms with Gasteiger partial charge in [0.25, 0.3) is 15.7 Å². The molecule has 1 aliphatic rings. The molecule has 146 valence electrons. The molecule has 1 aliphatic heterocycles. The van der Waals surface area contributed by atoms with Crippen LogP contribution in [0.15, 0.2) is 53.4 Å². The van der Waals surface area contributed by atoms with E-state index in [1.54, 1.807) is 0 Å². The molecule has 1 fully saturated rings. The van der Waals surface area contributed by atoms with Crippen LogP contribution in [0.3, 0.4) is 0 Å². The number of aromatic nitrogens is 1. The van der Waals surface area contributed by atoms with Crippen molar-refractivity contribution in [1.82, 2.24) is 9.29 Å². The number of nitro benzene ring substituents is 1. The molecule has 1 N–H and O–H groups in total. The smallest absolute Gasteiger partial charge is 0.289 e. The van der Waals surface area contributed by atoms with Gasteiger partial charge in [-0.05, 0) is 42.5 Å². The number of nitrogens with zero attached hydrogens (tertiary/aromatic N) is 2. The fourth-order valence-electron chi connectivity index (χ4n) is 3.75. The lowest BCUT2D eigenvalue weighted by molar-refractivity contribution is -0.387. The molecule has 3 aromatic rings. The molecule has 1 unspecified atom stereocenters. The standard InChI is InChI=1S/C19H18ClN3O4S/c20-14-8-9-18(23(24)25)19(12-14)28(26,27)22-10-4-3-7-17(22)16-11-13-5-1-2-6-15(13)21-16/h1-2,5-6,8-9,11-12,17,21H,3-4,7,10H2. The summed E-state index contributed by atoms with van der Waals surface area (Å²) in [7, 11) is -4.11. The molecule has 28 heavy (non-hydrogen) atoms. The highest BCUT2D eigenvalue weighted by Crippen LogP contribution is 2.39. The van der Waals surface area contributed by atoms with E-state index in [2.05, 4.69) is 4.98 Å². The Morgan fingerprint density at radius 2 is 1.93 bits per heavy atom. The number of para-hydroxylation sites is 1. The molecule has 2 aromatic carbocycles. The number of nitro groups is 1. The van der Waals surface area contributed by atoms with Crippen molar-refractivity contribution in [1.29, 1.82) is 0 Å². The number of aromatic amines is 1. The van der Waals surface area contributed by atoms with E-state index in [0.717, 1.165) is 35.2 Å². The van der Waals surface area contributed by atoms with E-state index < -0.39 is 26.7 Å². The molecule has 0 aliphatic carbocycles. The van der Waals surface area contributed by atoms with E-state index in [1.807, 2.05) is 30.3 Å². The summed E-state index contributed by atoms with van der Waals surface area (Å²) in [5.41, 5.74) is 1.24. The van der Waals surface area contributed by atoms with Crippen LogP contribution in [0.25, 0.3) is 10.9 Å². The monoisotopic (exact) mass is 419 g/mol. The van der Waals surface area contributed by atoms with Crippen LogP contribution in [-0.2, 0) is 10.0 Å². The van der Waals surface area contributed by atoms with Crippen molar-refractivity contribution in [3.05, 3.63) is 69.4 Å². The topological polar surface area (TPSA) is 96.3 Å². The molecule has 0 radical (unpaired) electrons. The SMILES string of the molecule is O=[N+]([O-])c1ccc(Cl)cc1S(=O)(=O)N1CCCCC1c1cc2ccccc2[nH]1. The summed E-state index contributed by atoms with van der Waals surface area (Å²) in [5.74, 6) is 0. The van der Waals surface area contributed by atoms with Crippen LogP contribution in [0.2, 0.25) is 5.02 Å². The quantitative estimate of drug-likeness (QED) is 0.491. The van der Waals surface area contributed by atoms with E-state index in [0.29, 0.717) is 19.4 Å². The van der Waals surface area contributed by atoms with E-state index in [1.165, 1.54) is 10.4 Å². The van der Waals surface area contributed by atoms with Crippen molar-refractivity contribution >= 4 is 38.2 Å². The number of sulfonamides is 1. The fraction of sp³-hybridized carbons (Fsp3) is 0.263. The van der Waals surface area contributed by atoms with E-state index in [9.17, 15) is 18.5 Å². The number of hydrogen-bond donors (Lipinski definition) is 1. The Balaban J connectivity index is 1.81. The molecular formula is C19H18ClN3O4S. The van der Waals surface area contributed by atoms with Gasteiger partial charge in [0, 0.05) is 28.8 Å². The second kappa shape index (κ2) is 7.20. The number of halogens is 1. The van der Waals surface area contributed by atoms with Gasteiger partial charge in [0.15, 0.2) is 4.90 Å². The molecule has 7 nitrogen and oxygen atoms in total. The van der Waals surface area contributed by atoms with Crippen molar-refractivity contribution < 1.29 is 13.3 Å². The largest absolute Gasteiger partial charge is 0.357 e. The third kappa shape index (κ3) is 3.28. The van der Waals surface area contributed by atoms with Crippen LogP contribution in [0, 0.1) is 10.1 Å². The number of rotatable bonds is 4. The summed E-state index contributed by atoms with van der Waals surface area (Å²) in [4.78, 5) is 13.6.